The highest BCUT2D eigenvalue weighted by Crippen LogP contribution is 2.36. The lowest BCUT2D eigenvalue weighted by atomic mass is 10.4. The maximum absolute atomic E-state index is 4.11. The van der Waals surface area contributed by atoms with Crippen LogP contribution in [0.15, 0.2) is 16.9 Å². The Balaban J connectivity index is 2.32. The normalized spacial score (nSPS) is 16.7. The molecule has 5 heteroatoms. The van der Waals surface area contributed by atoms with Crippen LogP contribution < -0.4 is 0 Å². The van der Waals surface area contributed by atoms with E-state index in [2.05, 4.69) is 31.2 Å². The van der Waals surface area contributed by atoms with Gasteiger partial charge in [-0.25, -0.2) is 4.68 Å². The summed E-state index contributed by atoms with van der Waals surface area (Å²) in [6.07, 6.45) is 5.99. The van der Waals surface area contributed by atoms with Crippen LogP contribution >= 0.6 is 15.9 Å². The number of fused-ring (bicyclic) bond motifs is 1. The number of hydrogen-bond acceptors (Lipinski definition) is 3. The molecule has 1 aliphatic carbocycles. The van der Waals surface area contributed by atoms with Crippen LogP contribution in [0.3, 0.4) is 0 Å². The van der Waals surface area contributed by atoms with Crippen LogP contribution in [-0.2, 0) is 0 Å². The van der Waals surface area contributed by atoms with E-state index in [1.165, 1.54) is 12.8 Å². The van der Waals surface area contributed by atoms with Crippen molar-refractivity contribution in [2.45, 2.75) is 18.9 Å². The predicted octanol–water partition coefficient (Wildman–Crippen LogP) is 1.92. The zero-order chi connectivity index (χ0) is 8.84. The first-order valence-electron chi connectivity index (χ1n) is 4.20. The molecular weight excluding hydrogens is 232 g/mol. The largest absolute Gasteiger partial charge is 0.261 e. The summed E-state index contributed by atoms with van der Waals surface area (Å²) in [7, 11) is 0. The number of pyridine rings is 1. The van der Waals surface area contributed by atoms with E-state index in [0.717, 1.165) is 15.5 Å². The Hall–Kier alpha value is -0.970. The van der Waals surface area contributed by atoms with Crippen LogP contribution in [0.2, 0.25) is 0 Å². The molecule has 1 aliphatic rings. The van der Waals surface area contributed by atoms with Gasteiger partial charge in [0.25, 0.3) is 0 Å². The van der Waals surface area contributed by atoms with Crippen molar-refractivity contribution < 1.29 is 0 Å². The SMILES string of the molecule is Brc1cncc2c1nnn2C1CC1. The van der Waals surface area contributed by atoms with Gasteiger partial charge < -0.3 is 0 Å². The summed E-state index contributed by atoms with van der Waals surface area (Å²) < 4.78 is 2.88. The number of aromatic nitrogens is 4. The molecule has 0 spiro atoms. The average molecular weight is 239 g/mol. The predicted molar refractivity (Wildman–Crippen MR) is 51.3 cm³/mol. The first-order chi connectivity index (χ1) is 6.36. The van der Waals surface area contributed by atoms with Crippen molar-refractivity contribution in [2.75, 3.05) is 0 Å². The smallest absolute Gasteiger partial charge is 0.130 e. The highest BCUT2D eigenvalue weighted by molar-refractivity contribution is 9.10. The van der Waals surface area contributed by atoms with Crippen molar-refractivity contribution >= 4 is 27.0 Å². The second kappa shape index (κ2) is 2.51. The van der Waals surface area contributed by atoms with Crippen LogP contribution in [0.25, 0.3) is 11.0 Å². The van der Waals surface area contributed by atoms with Crippen LogP contribution in [0, 0.1) is 0 Å². The van der Waals surface area contributed by atoms with Crippen molar-refractivity contribution in [3.8, 4) is 0 Å². The van der Waals surface area contributed by atoms with Crippen LogP contribution in [0.4, 0.5) is 0 Å². The molecule has 0 aliphatic heterocycles. The van der Waals surface area contributed by atoms with Crippen LogP contribution in [-0.4, -0.2) is 20.0 Å². The number of halogens is 1. The molecule has 1 fully saturated rings. The molecule has 0 aromatic carbocycles. The van der Waals surface area contributed by atoms with Gasteiger partial charge in [-0.05, 0) is 28.8 Å². The number of nitrogens with zero attached hydrogens (tertiary/aromatic N) is 4. The highest BCUT2D eigenvalue weighted by Gasteiger charge is 2.26. The molecule has 13 heavy (non-hydrogen) atoms. The van der Waals surface area contributed by atoms with E-state index < -0.39 is 0 Å². The molecule has 0 unspecified atom stereocenters. The molecule has 0 saturated heterocycles. The van der Waals surface area contributed by atoms with Crippen molar-refractivity contribution in [3.63, 3.8) is 0 Å². The van der Waals surface area contributed by atoms with E-state index in [9.17, 15) is 0 Å². The minimum absolute atomic E-state index is 0.557. The van der Waals surface area contributed by atoms with Gasteiger partial charge in [-0.3, -0.25) is 4.98 Å². The van der Waals surface area contributed by atoms with Gasteiger partial charge in [-0.2, -0.15) is 0 Å². The molecule has 0 bridgehead atoms. The maximum atomic E-state index is 4.11. The Labute approximate surface area is 83.1 Å². The van der Waals surface area contributed by atoms with Gasteiger partial charge in [0.05, 0.1) is 16.7 Å². The topological polar surface area (TPSA) is 43.6 Å². The van der Waals surface area contributed by atoms with Gasteiger partial charge in [0.1, 0.15) is 11.0 Å². The fourth-order valence-electron chi connectivity index (χ4n) is 1.41. The molecule has 4 nitrogen and oxygen atoms in total. The maximum Gasteiger partial charge on any atom is 0.130 e. The van der Waals surface area contributed by atoms with E-state index in [1.807, 2.05) is 10.9 Å². The van der Waals surface area contributed by atoms with Crippen LogP contribution in [0.5, 0.6) is 0 Å². The molecular formula is C8H7BrN4. The fraction of sp³-hybridized carbons (Fsp3) is 0.375. The summed E-state index contributed by atoms with van der Waals surface area (Å²) in [5, 5.41) is 8.22. The van der Waals surface area contributed by atoms with Crippen molar-refractivity contribution in [1.29, 1.82) is 0 Å². The van der Waals surface area contributed by atoms with Gasteiger partial charge >= 0.3 is 0 Å². The number of hydrogen-bond donors (Lipinski definition) is 0. The highest BCUT2D eigenvalue weighted by atomic mass is 79.9. The third-order valence-corrected chi connectivity index (χ3v) is 2.81. The third-order valence-electron chi connectivity index (χ3n) is 2.23. The Morgan fingerprint density at radius 2 is 2.23 bits per heavy atom. The quantitative estimate of drug-likeness (QED) is 0.763. The Bertz CT molecular complexity index is 460. The van der Waals surface area contributed by atoms with E-state index >= 15 is 0 Å². The molecule has 2 aromatic rings. The molecule has 0 N–H and O–H groups in total. The van der Waals surface area contributed by atoms with E-state index in [4.69, 9.17) is 0 Å². The zero-order valence-electron chi connectivity index (χ0n) is 6.81. The number of rotatable bonds is 1. The lowest BCUT2D eigenvalue weighted by Crippen LogP contribution is -1.95. The van der Waals surface area contributed by atoms with Crippen molar-refractivity contribution in [2.24, 2.45) is 0 Å². The zero-order valence-corrected chi connectivity index (χ0v) is 8.40. The lowest BCUT2D eigenvalue weighted by molar-refractivity contribution is 0.629. The average Bonchev–Trinajstić information content (AvgIpc) is 2.87. The van der Waals surface area contributed by atoms with E-state index in [1.54, 1.807) is 6.20 Å². The van der Waals surface area contributed by atoms with Crippen LogP contribution in [0.1, 0.15) is 18.9 Å². The monoisotopic (exact) mass is 238 g/mol. The first kappa shape index (κ1) is 7.44. The fourth-order valence-corrected chi connectivity index (χ4v) is 1.82. The summed E-state index contributed by atoms with van der Waals surface area (Å²) >= 11 is 3.40. The standard InChI is InChI=1S/C8H7BrN4/c9-6-3-10-4-7-8(6)11-12-13(7)5-1-2-5/h3-5H,1-2H2. The first-order valence-corrected chi connectivity index (χ1v) is 5.00. The van der Waals surface area contributed by atoms with Gasteiger partial charge in [0, 0.05) is 6.20 Å². The van der Waals surface area contributed by atoms with E-state index in [-0.39, 0.29) is 0 Å². The third kappa shape index (κ3) is 1.07. The lowest BCUT2D eigenvalue weighted by Gasteiger charge is -1.96. The van der Waals surface area contributed by atoms with Gasteiger partial charge in [-0.1, -0.05) is 5.21 Å². The second-order valence-corrected chi connectivity index (χ2v) is 4.11. The molecule has 66 valence electrons. The Morgan fingerprint density at radius 3 is 3.00 bits per heavy atom. The Kier molecular flexibility index (Phi) is 1.44. The molecule has 1 saturated carbocycles. The second-order valence-electron chi connectivity index (χ2n) is 3.25. The Morgan fingerprint density at radius 1 is 1.38 bits per heavy atom. The van der Waals surface area contributed by atoms with Gasteiger partial charge in [0.2, 0.25) is 0 Å². The summed E-state index contributed by atoms with van der Waals surface area (Å²) in [5.41, 5.74) is 1.93. The van der Waals surface area contributed by atoms with E-state index in [0.29, 0.717) is 6.04 Å². The minimum Gasteiger partial charge on any atom is -0.261 e. The molecule has 0 atom stereocenters. The van der Waals surface area contributed by atoms with Crippen molar-refractivity contribution in [1.82, 2.24) is 20.0 Å². The molecule has 2 aromatic heterocycles. The molecule has 0 radical (unpaired) electrons. The minimum atomic E-state index is 0.557. The molecule has 0 amide bonds. The summed E-state index contributed by atoms with van der Waals surface area (Å²) in [6.45, 7) is 0. The summed E-state index contributed by atoms with van der Waals surface area (Å²) in [5.74, 6) is 0. The van der Waals surface area contributed by atoms with Gasteiger partial charge in [-0.15, -0.1) is 5.10 Å². The molecule has 3 rings (SSSR count). The summed E-state index contributed by atoms with van der Waals surface area (Å²) in [6, 6.07) is 0.557. The summed E-state index contributed by atoms with van der Waals surface area (Å²) in [4.78, 5) is 4.11. The van der Waals surface area contributed by atoms with Crippen molar-refractivity contribution in [3.05, 3.63) is 16.9 Å². The molecule has 2 heterocycles. The van der Waals surface area contributed by atoms with Gasteiger partial charge in [0.15, 0.2) is 0 Å².